The van der Waals surface area contributed by atoms with Crippen LogP contribution < -0.4 is 0 Å². The van der Waals surface area contributed by atoms with E-state index >= 15 is 0 Å². The molecule has 31 heavy (non-hydrogen) atoms. The number of carbonyl (C=O) groups is 1. The number of rotatable bonds is 5. The first-order chi connectivity index (χ1) is 15.0. The predicted molar refractivity (Wildman–Crippen MR) is 117 cm³/mol. The van der Waals surface area contributed by atoms with E-state index in [2.05, 4.69) is 37.1 Å². The van der Waals surface area contributed by atoms with E-state index in [-0.39, 0.29) is 18.1 Å². The minimum atomic E-state index is -0.0937. The van der Waals surface area contributed by atoms with Crippen molar-refractivity contribution < 1.29 is 9.21 Å². The molecule has 0 atom stereocenters. The molecule has 0 saturated carbocycles. The molecular weight excluding hydrogens is 412 g/mol. The first-order valence-corrected chi connectivity index (χ1v) is 11.1. The maximum Gasteiger partial charge on any atom is 0.197 e. The molecule has 0 bridgehead atoms. The summed E-state index contributed by atoms with van der Waals surface area (Å²) in [6.45, 7) is 3.95. The quantitative estimate of drug-likeness (QED) is 0.439. The molecule has 1 saturated heterocycles. The number of hydrogen-bond acceptors (Lipinski definition) is 9. The van der Waals surface area contributed by atoms with Crippen LogP contribution in [-0.4, -0.2) is 56.0 Å². The summed E-state index contributed by atoms with van der Waals surface area (Å²) in [6, 6.07) is 3.88. The average Bonchev–Trinajstić information content (AvgIpc) is 3.43. The van der Waals surface area contributed by atoms with Crippen molar-refractivity contribution >= 4 is 27.9 Å². The highest BCUT2D eigenvalue weighted by atomic mass is 32.1. The molecule has 0 unspecified atom stereocenters. The van der Waals surface area contributed by atoms with Gasteiger partial charge in [-0.3, -0.25) is 14.8 Å². The van der Waals surface area contributed by atoms with Crippen molar-refractivity contribution in [2.45, 2.75) is 32.1 Å². The number of fused-ring (bicyclic) bond motifs is 1. The Morgan fingerprint density at radius 1 is 1.16 bits per heavy atom. The zero-order valence-electron chi connectivity index (χ0n) is 17.4. The molecule has 1 fully saturated rings. The molecule has 0 spiro atoms. The van der Waals surface area contributed by atoms with E-state index in [4.69, 9.17) is 4.42 Å². The number of piperidine rings is 1. The number of aryl methyl sites for hydroxylation is 1. The van der Waals surface area contributed by atoms with Crippen LogP contribution in [0.25, 0.3) is 21.5 Å². The number of pyridine rings is 2. The summed E-state index contributed by atoms with van der Waals surface area (Å²) in [4.78, 5) is 28.5. The number of aromatic nitrogens is 5. The Balaban J connectivity index is 1.33. The first-order valence-electron chi connectivity index (χ1n) is 10.3. The minimum Gasteiger partial charge on any atom is -0.448 e. The number of oxazole rings is 1. The Bertz CT molecular complexity index is 1240. The van der Waals surface area contributed by atoms with Crippen molar-refractivity contribution in [3.05, 3.63) is 53.1 Å². The normalized spacial score (nSPS) is 15.5. The second kappa shape index (κ2) is 8.24. The Labute approximate surface area is 183 Å². The Kier molecular flexibility index (Phi) is 5.29. The predicted octanol–water partition coefficient (Wildman–Crippen LogP) is 3.68. The molecular formula is C22H22N6O2S. The SMILES string of the molecule is Cc1nnc(-c2cc3cc(CC(=O)c4coc(C5CCN(C)CC5)n4)ncc3cn2)s1. The number of hydrogen-bond donors (Lipinski definition) is 0. The van der Waals surface area contributed by atoms with E-state index in [9.17, 15) is 4.79 Å². The molecule has 1 aliphatic heterocycles. The van der Waals surface area contributed by atoms with Crippen molar-refractivity contribution in [1.82, 2.24) is 30.0 Å². The van der Waals surface area contributed by atoms with Crippen molar-refractivity contribution in [2.75, 3.05) is 20.1 Å². The van der Waals surface area contributed by atoms with E-state index < -0.39 is 0 Å². The van der Waals surface area contributed by atoms with Crippen LogP contribution in [-0.2, 0) is 6.42 Å². The zero-order valence-corrected chi connectivity index (χ0v) is 18.2. The van der Waals surface area contributed by atoms with Gasteiger partial charge in [-0.15, -0.1) is 10.2 Å². The van der Waals surface area contributed by atoms with Gasteiger partial charge in [0.15, 0.2) is 16.7 Å². The van der Waals surface area contributed by atoms with Crippen LogP contribution in [0.1, 0.15) is 45.8 Å². The number of likely N-dealkylation sites (tertiary alicyclic amines) is 1. The van der Waals surface area contributed by atoms with Crippen LogP contribution in [0.2, 0.25) is 0 Å². The lowest BCUT2D eigenvalue weighted by Crippen LogP contribution is -2.29. The highest BCUT2D eigenvalue weighted by Crippen LogP contribution is 2.27. The Morgan fingerprint density at radius 2 is 1.97 bits per heavy atom. The highest BCUT2D eigenvalue weighted by Gasteiger charge is 2.24. The highest BCUT2D eigenvalue weighted by molar-refractivity contribution is 7.14. The first kappa shape index (κ1) is 19.9. The van der Waals surface area contributed by atoms with E-state index in [1.165, 1.54) is 17.6 Å². The summed E-state index contributed by atoms with van der Waals surface area (Å²) in [7, 11) is 2.12. The molecule has 4 aromatic rings. The van der Waals surface area contributed by atoms with Crippen LogP contribution in [0.3, 0.4) is 0 Å². The summed E-state index contributed by atoms with van der Waals surface area (Å²) in [5, 5.41) is 11.8. The van der Waals surface area contributed by atoms with Gasteiger partial charge in [-0.25, -0.2) is 4.98 Å². The van der Waals surface area contributed by atoms with Gasteiger partial charge in [-0.05, 0) is 57.4 Å². The minimum absolute atomic E-state index is 0.0937. The average molecular weight is 435 g/mol. The van der Waals surface area contributed by atoms with Gasteiger partial charge in [0.05, 0.1) is 6.42 Å². The van der Waals surface area contributed by atoms with E-state index in [1.54, 1.807) is 12.4 Å². The third-order valence-electron chi connectivity index (χ3n) is 5.62. The van der Waals surface area contributed by atoms with Gasteiger partial charge in [0.25, 0.3) is 0 Å². The lowest BCUT2D eigenvalue weighted by Gasteiger charge is -2.26. The van der Waals surface area contributed by atoms with Crippen LogP contribution in [0.15, 0.2) is 35.2 Å². The smallest absolute Gasteiger partial charge is 0.197 e. The molecule has 0 aromatic carbocycles. The fourth-order valence-corrected chi connectivity index (χ4v) is 4.47. The second-order valence-electron chi connectivity index (χ2n) is 7.97. The molecule has 0 N–H and O–H groups in total. The summed E-state index contributed by atoms with van der Waals surface area (Å²) >= 11 is 1.50. The lowest BCUT2D eigenvalue weighted by atomic mass is 9.97. The lowest BCUT2D eigenvalue weighted by molar-refractivity contribution is 0.0987. The fraction of sp³-hybridized carbons (Fsp3) is 0.364. The van der Waals surface area contributed by atoms with Gasteiger partial charge in [0.1, 0.15) is 22.7 Å². The van der Waals surface area contributed by atoms with Crippen LogP contribution >= 0.6 is 11.3 Å². The van der Waals surface area contributed by atoms with Gasteiger partial charge in [-0.1, -0.05) is 11.3 Å². The number of Topliss-reactive ketones (excluding diaryl/α,β-unsaturated/α-hetero) is 1. The number of ketones is 1. The molecule has 8 nitrogen and oxygen atoms in total. The summed E-state index contributed by atoms with van der Waals surface area (Å²) in [5.41, 5.74) is 1.82. The van der Waals surface area contributed by atoms with E-state index in [1.807, 2.05) is 19.1 Å². The molecule has 1 aliphatic rings. The standard InChI is InChI=1S/C22H22N6O2S/c1-13-26-27-22(31-13)18-8-15-7-17(23-10-16(15)11-24-18)9-20(29)19-12-30-21(25-19)14-3-5-28(2)6-4-14/h7-8,10-12,14H,3-6,9H2,1-2H3. The zero-order chi connectivity index (χ0) is 21.4. The van der Waals surface area contributed by atoms with Gasteiger partial charge < -0.3 is 9.32 Å². The van der Waals surface area contributed by atoms with Gasteiger partial charge in [0, 0.05) is 29.4 Å². The monoisotopic (exact) mass is 434 g/mol. The molecule has 158 valence electrons. The number of nitrogens with zero attached hydrogens (tertiary/aromatic N) is 6. The Morgan fingerprint density at radius 3 is 2.74 bits per heavy atom. The van der Waals surface area contributed by atoms with Crippen molar-refractivity contribution in [3.63, 3.8) is 0 Å². The third kappa shape index (κ3) is 4.24. The van der Waals surface area contributed by atoms with Crippen molar-refractivity contribution in [1.29, 1.82) is 0 Å². The Hall–Kier alpha value is -3.04. The van der Waals surface area contributed by atoms with Gasteiger partial charge in [-0.2, -0.15) is 0 Å². The molecule has 5 heterocycles. The molecule has 5 rings (SSSR count). The summed E-state index contributed by atoms with van der Waals surface area (Å²) in [6.07, 6.45) is 7.17. The van der Waals surface area contributed by atoms with Crippen LogP contribution in [0.4, 0.5) is 0 Å². The van der Waals surface area contributed by atoms with E-state index in [0.29, 0.717) is 17.3 Å². The fourth-order valence-electron chi connectivity index (χ4n) is 3.81. The molecule has 0 aliphatic carbocycles. The maximum absolute atomic E-state index is 12.8. The third-order valence-corrected chi connectivity index (χ3v) is 6.48. The maximum atomic E-state index is 12.8. The largest absolute Gasteiger partial charge is 0.448 e. The molecule has 0 amide bonds. The summed E-state index contributed by atoms with van der Waals surface area (Å²) in [5.74, 6) is 0.862. The van der Waals surface area contributed by atoms with Crippen molar-refractivity contribution in [2.24, 2.45) is 0 Å². The van der Waals surface area contributed by atoms with Gasteiger partial charge in [0.2, 0.25) is 0 Å². The number of carbonyl (C=O) groups excluding carboxylic acids is 1. The molecule has 0 radical (unpaired) electrons. The van der Waals surface area contributed by atoms with Crippen LogP contribution in [0.5, 0.6) is 0 Å². The van der Waals surface area contributed by atoms with E-state index in [0.717, 1.165) is 52.4 Å². The summed E-state index contributed by atoms with van der Waals surface area (Å²) < 4.78 is 5.64. The molecule has 4 aromatic heterocycles. The van der Waals surface area contributed by atoms with Crippen molar-refractivity contribution in [3.8, 4) is 10.7 Å². The topological polar surface area (TPSA) is 97.9 Å². The molecule has 9 heteroatoms. The van der Waals surface area contributed by atoms with Crippen LogP contribution in [0, 0.1) is 6.92 Å². The van der Waals surface area contributed by atoms with Gasteiger partial charge >= 0.3 is 0 Å². The second-order valence-corrected chi connectivity index (χ2v) is 9.15.